The minimum absolute atomic E-state index is 0.0558. The average molecular weight is 486 g/mol. The van der Waals surface area contributed by atoms with Gasteiger partial charge in [-0.25, -0.2) is 0 Å². The molecule has 0 aliphatic carbocycles. The number of anilines is 1. The van der Waals surface area contributed by atoms with Crippen molar-refractivity contribution >= 4 is 38.6 Å². The van der Waals surface area contributed by atoms with Gasteiger partial charge in [-0.2, -0.15) is 4.58 Å². The summed E-state index contributed by atoms with van der Waals surface area (Å²) in [6.45, 7) is 12.7. The van der Waals surface area contributed by atoms with E-state index in [-0.39, 0.29) is 10.8 Å². The Hall–Kier alpha value is -3.65. The fourth-order valence-corrected chi connectivity index (χ4v) is 6.75. The molecule has 4 aromatic carbocycles. The summed E-state index contributed by atoms with van der Waals surface area (Å²) >= 11 is 0. The zero-order valence-corrected chi connectivity index (χ0v) is 23.0. The van der Waals surface area contributed by atoms with Gasteiger partial charge in [-0.15, -0.1) is 0 Å². The van der Waals surface area contributed by atoms with Gasteiger partial charge in [0, 0.05) is 34.7 Å². The summed E-state index contributed by atoms with van der Waals surface area (Å²) in [6, 6.07) is 26.7. The fourth-order valence-electron chi connectivity index (χ4n) is 6.75. The van der Waals surface area contributed by atoms with Gasteiger partial charge in [0.05, 0.1) is 16.5 Å². The third kappa shape index (κ3) is 3.42. The molecule has 37 heavy (non-hydrogen) atoms. The second-order valence-corrected chi connectivity index (χ2v) is 11.6. The summed E-state index contributed by atoms with van der Waals surface area (Å²) in [4.78, 5) is 2.57. The fraction of sp³-hybridized carbons (Fsp3) is 0.286. The van der Waals surface area contributed by atoms with E-state index in [1.165, 1.54) is 55.5 Å². The van der Waals surface area contributed by atoms with Crippen LogP contribution in [0.2, 0.25) is 0 Å². The summed E-state index contributed by atoms with van der Waals surface area (Å²) in [7, 11) is 2.22. The Balaban J connectivity index is 1.45. The minimum Gasteiger partial charge on any atom is -0.343 e. The first-order chi connectivity index (χ1) is 17.8. The van der Waals surface area contributed by atoms with Crippen molar-refractivity contribution < 1.29 is 4.58 Å². The Bertz CT molecular complexity index is 1650. The van der Waals surface area contributed by atoms with Crippen molar-refractivity contribution in [2.75, 3.05) is 18.5 Å². The third-order valence-electron chi connectivity index (χ3n) is 8.64. The van der Waals surface area contributed by atoms with Crippen molar-refractivity contribution in [3.63, 3.8) is 0 Å². The third-order valence-corrected chi connectivity index (χ3v) is 8.64. The lowest BCUT2D eigenvalue weighted by molar-refractivity contribution is -0.399. The molecule has 2 aliphatic heterocycles. The van der Waals surface area contributed by atoms with E-state index in [2.05, 4.69) is 142 Å². The van der Waals surface area contributed by atoms with Crippen LogP contribution in [0.4, 0.5) is 11.4 Å². The maximum Gasteiger partial charge on any atom is 0.217 e. The second kappa shape index (κ2) is 8.45. The lowest BCUT2D eigenvalue weighted by Crippen LogP contribution is -2.27. The number of fused-ring (bicyclic) bond motifs is 6. The molecule has 4 aromatic rings. The molecule has 0 unspecified atom stereocenters. The molecule has 0 radical (unpaired) electrons. The Labute approximate surface area is 221 Å². The van der Waals surface area contributed by atoms with Crippen LogP contribution in [0.15, 0.2) is 96.7 Å². The van der Waals surface area contributed by atoms with E-state index < -0.39 is 0 Å². The summed E-state index contributed by atoms with van der Waals surface area (Å²) in [5.74, 6) is 0. The molecule has 2 heteroatoms. The van der Waals surface area contributed by atoms with Crippen LogP contribution in [0.5, 0.6) is 0 Å². The lowest BCUT2D eigenvalue weighted by Gasteiger charge is -2.27. The summed E-state index contributed by atoms with van der Waals surface area (Å²) < 4.78 is 2.40. The van der Waals surface area contributed by atoms with E-state index in [0.717, 1.165) is 13.0 Å². The standard InChI is InChI=1S/C35H37N2/c1-7-23-37-31(35(4,5)29-22-20-25-14-9-11-16-27(25)33(29)37)18-12-17-30-34(2,3)28-21-19-24-13-8-10-15-26(24)32(28)36(30)6/h8-22H,7,23H2,1-6H3/q+1. The van der Waals surface area contributed by atoms with Gasteiger partial charge in [0.1, 0.15) is 7.05 Å². The monoisotopic (exact) mass is 485 g/mol. The zero-order valence-electron chi connectivity index (χ0n) is 23.0. The van der Waals surface area contributed by atoms with Gasteiger partial charge in [0.25, 0.3) is 0 Å². The van der Waals surface area contributed by atoms with Crippen molar-refractivity contribution in [2.45, 2.75) is 51.9 Å². The average Bonchev–Trinajstić information content (AvgIpc) is 3.23. The van der Waals surface area contributed by atoms with Crippen LogP contribution in [-0.4, -0.2) is 23.9 Å². The lowest BCUT2D eigenvalue weighted by atomic mass is 9.80. The van der Waals surface area contributed by atoms with Crippen molar-refractivity contribution in [2.24, 2.45) is 0 Å². The van der Waals surface area contributed by atoms with Crippen molar-refractivity contribution in [3.05, 3.63) is 108 Å². The van der Waals surface area contributed by atoms with E-state index in [1.54, 1.807) is 0 Å². The topological polar surface area (TPSA) is 6.25 Å². The molecule has 0 spiro atoms. The summed E-state index contributed by atoms with van der Waals surface area (Å²) in [6.07, 6.45) is 8.09. The molecule has 0 saturated carbocycles. The summed E-state index contributed by atoms with van der Waals surface area (Å²) in [5.41, 5.74) is 8.13. The highest BCUT2D eigenvalue weighted by atomic mass is 15.2. The highest BCUT2D eigenvalue weighted by Gasteiger charge is 2.44. The number of benzene rings is 4. The molecule has 0 bridgehead atoms. The molecule has 0 N–H and O–H groups in total. The molecule has 0 fully saturated rings. The SMILES string of the molecule is CCCN1/C(=C\C=C\C2=[N+](C)c3c(ccc4ccccc34)C2(C)C)C(C)(C)c2ccc3ccccc3c21. The van der Waals surface area contributed by atoms with E-state index in [9.17, 15) is 0 Å². The Morgan fingerprint density at radius 2 is 1.38 bits per heavy atom. The number of rotatable bonds is 4. The van der Waals surface area contributed by atoms with Crippen LogP contribution in [0, 0.1) is 0 Å². The maximum atomic E-state index is 2.57. The first kappa shape index (κ1) is 23.7. The van der Waals surface area contributed by atoms with Crippen molar-refractivity contribution in [3.8, 4) is 0 Å². The van der Waals surface area contributed by atoms with Crippen LogP contribution in [-0.2, 0) is 10.8 Å². The highest BCUT2D eigenvalue weighted by molar-refractivity contribution is 6.07. The van der Waals surface area contributed by atoms with Gasteiger partial charge in [-0.3, -0.25) is 0 Å². The largest absolute Gasteiger partial charge is 0.343 e. The molecule has 6 rings (SSSR count). The second-order valence-electron chi connectivity index (χ2n) is 11.6. The zero-order chi connectivity index (χ0) is 25.9. The Kier molecular flexibility index (Phi) is 5.42. The quantitative estimate of drug-likeness (QED) is 0.262. The first-order valence-corrected chi connectivity index (χ1v) is 13.6. The molecule has 2 aliphatic rings. The smallest absolute Gasteiger partial charge is 0.217 e. The molecular formula is C35H37N2+. The van der Waals surface area contributed by atoms with Crippen LogP contribution in [0.3, 0.4) is 0 Å². The van der Waals surface area contributed by atoms with Gasteiger partial charge in [-0.1, -0.05) is 93.6 Å². The predicted octanol–water partition coefficient (Wildman–Crippen LogP) is 8.65. The number of nitrogens with zero attached hydrogens (tertiary/aromatic N) is 2. The van der Waals surface area contributed by atoms with E-state index in [0.29, 0.717) is 0 Å². The Morgan fingerprint density at radius 3 is 2.08 bits per heavy atom. The minimum atomic E-state index is -0.0589. The van der Waals surface area contributed by atoms with Gasteiger partial charge in [-0.05, 0) is 48.7 Å². The van der Waals surface area contributed by atoms with Crippen LogP contribution >= 0.6 is 0 Å². The molecule has 2 heterocycles. The van der Waals surface area contributed by atoms with Gasteiger partial charge >= 0.3 is 0 Å². The Morgan fingerprint density at radius 1 is 0.757 bits per heavy atom. The number of hydrogen-bond donors (Lipinski definition) is 0. The normalized spacial score (nSPS) is 19.0. The van der Waals surface area contributed by atoms with Gasteiger partial charge in [0.15, 0.2) is 5.71 Å². The van der Waals surface area contributed by atoms with Crippen molar-refractivity contribution in [1.29, 1.82) is 0 Å². The van der Waals surface area contributed by atoms with Crippen LogP contribution < -0.4 is 4.90 Å². The highest BCUT2D eigenvalue weighted by Crippen LogP contribution is 2.51. The molecule has 0 aromatic heterocycles. The summed E-state index contributed by atoms with van der Waals surface area (Å²) in [5, 5.41) is 5.28. The van der Waals surface area contributed by atoms with Gasteiger partial charge < -0.3 is 4.90 Å². The van der Waals surface area contributed by atoms with E-state index in [1.807, 2.05) is 0 Å². The molecule has 0 saturated heterocycles. The van der Waals surface area contributed by atoms with Crippen LogP contribution in [0.25, 0.3) is 21.5 Å². The maximum absolute atomic E-state index is 2.57. The molecular weight excluding hydrogens is 448 g/mol. The molecule has 0 amide bonds. The first-order valence-electron chi connectivity index (χ1n) is 13.6. The number of allylic oxidation sites excluding steroid dienone is 4. The van der Waals surface area contributed by atoms with E-state index >= 15 is 0 Å². The van der Waals surface area contributed by atoms with Crippen molar-refractivity contribution in [1.82, 2.24) is 0 Å². The predicted molar refractivity (Wildman–Crippen MR) is 160 cm³/mol. The van der Waals surface area contributed by atoms with Crippen LogP contribution in [0.1, 0.15) is 52.2 Å². The molecule has 0 atom stereocenters. The molecule has 186 valence electrons. The van der Waals surface area contributed by atoms with Gasteiger partial charge in [0.2, 0.25) is 5.69 Å². The molecule has 2 nitrogen and oxygen atoms in total. The number of hydrogen-bond acceptors (Lipinski definition) is 1. The van der Waals surface area contributed by atoms with E-state index in [4.69, 9.17) is 0 Å².